The van der Waals surface area contributed by atoms with E-state index in [1.807, 2.05) is 11.8 Å². The number of nitrogens with zero attached hydrogens (tertiary/aromatic N) is 1. The molecule has 0 aromatic heterocycles. The topological polar surface area (TPSA) is 24.5 Å². The monoisotopic (exact) mass is 258 g/mol. The van der Waals surface area contributed by atoms with Gasteiger partial charge in [-0.2, -0.15) is 11.8 Å². The van der Waals surface area contributed by atoms with Crippen LogP contribution < -0.4 is 5.32 Å². The van der Waals surface area contributed by atoms with Crippen molar-refractivity contribution < 1.29 is 4.74 Å². The zero-order valence-electron chi connectivity index (χ0n) is 11.2. The molecule has 0 aromatic carbocycles. The third kappa shape index (κ3) is 4.43. The highest BCUT2D eigenvalue weighted by atomic mass is 32.2. The Morgan fingerprint density at radius 1 is 1.41 bits per heavy atom. The van der Waals surface area contributed by atoms with Crippen LogP contribution in [0.25, 0.3) is 0 Å². The molecule has 1 N–H and O–H groups in total. The molecular weight excluding hydrogens is 232 g/mol. The molecule has 0 aromatic rings. The van der Waals surface area contributed by atoms with Gasteiger partial charge in [0.25, 0.3) is 0 Å². The lowest BCUT2D eigenvalue weighted by Gasteiger charge is -2.33. The highest BCUT2D eigenvalue weighted by Crippen LogP contribution is 2.26. The molecule has 1 saturated heterocycles. The van der Waals surface area contributed by atoms with Crippen molar-refractivity contribution in [2.75, 3.05) is 39.5 Å². The van der Waals surface area contributed by atoms with E-state index in [4.69, 9.17) is 4.74 Å². The Morgan fingerprint density at radius 2 is 2.29 bits per heavy atom. The molecule has 3 nitrogen and oxygen atoms in total. The molecule has 100 valence electrons. The molecule has 1 aliphatic carbocycles. The molecule has 2 fully saturated rings. The smallest absolute Gasteiger partial charge is 0.0826 e. The summed E-state index contributed by atoms with van der Waals surface area (Å²) in [4.78, 5) is 2.36. The van der Waals surface area contributed by atoms with Crippen LogP contribution >= 0.6 is 11.8 Å². The summed E-state index contributed by atoms with van der Waals surface area (Å²) in [6.45, 7) is 4.07. The zero-order valence-corrected chi connectivity index (χ0v) is 12.0. The summed E-state index contributed by atoms with van der Waals surface area (Å²) < 4.78 is 5.78. The molecule has 0 bridgehead atoms. The van der Waals surface area contributed by atoms with Gasteiger partial charge < -0.3 is 15.0 Å². The van der Waals surface area contributed by atoms with Gasteiger partial charge in [0.15, 0.2) is 0 Å². The fourth-order valence-corrected chi connectivity index (χ4v) is 3.66. The molecular formula is C13H26N2OS. The maximum Gasteiger partial charge on any atom is 0.0826 e. The van der Waals surface area contributed by atoms with Crippen molar-refractivity contribution in [3.63, 3.8) is 0 Å². The van der Waals surface area contributed by atoms with E-state index in [-0.39, 0.29) is 0 Å². The molecule has 1 aliphatic heterocycles. The predicted molar refractivity (Wildman–Crippen MR) is 74.8 cm³/mol. The summed E-state index contributed by atoms with van der Waals surface area (Å²) in [5, 5.41) is 4.58. The second-order valence-electron chi connectivity index (χ2n) is 5.38. The van der Waals surface area contributed by atoms with Crippen LogP contribution in [0, 0.1) is 0 Å². The quantitative estimate of drug-likeness (QED) is 0.827. The van der Waals surface area contributed by atoms with E-state index in [0.717, 1.165) is 37.5 Å². The van der Waals surface area contributed by atoms with Gasteiger partial charge in [-0.25, -0.2) is 0 Å². The molecule has 17 heavy (non-hydrogen) atoms. The number of hydrogen-bond acceptors (Lipinski definition) is 4. The Kier molecular flexibility index (Phi) is 5.60. The van der Waals surface area contributed by atoms with Gasteiger partial charge in [0.2, 0.25) is 0 Å². The van der Waals surface area contributed by atoms with Crippen molar-refractivity contribution in [2.45, 2.75) is 43.1 Å². The first kappa shape index (κ1) is 13.7. The van der Waals surface area contributed by atoms with Crippen LogP contribution in [0.2, 0.25) is 0 Å². The Labute approximate surface area is 110 Å². The second kappa shape index (κ2) is 6.98. The summed E-state index contributed by atoms with van der Waals surface area (Å²) in [6, 6.07) is 0.719. The average Bonchev–Trinajstić information content (AvgIpc) is 2.37. The van der Waals surface area contributed by atoms with Crippen LogP contribution in [-0.4, -0.2) is 61.8 Å². The van der Waals surface area contributed by atoms with Gasteiger partial charge in [0, 0.05) is 30.9 Å². The van der Waals surface area contributed by atoms with Gasteiger partial charge >= 0.3 is 0 Å². The standard InChI is InChI=1S/C13H26N2OS/c1-15-6-7-16-12(10-15)9-14-11-4-3-5-13(8-11)17-2/h11-14H,3-10H2,1-2H3. The third-order valence-electron chi connectivity index (χ3n) is 3.94. The maximum atomic E-state index is 5.78. The fourth-order valence-electron chi connectivity index (χ4n) is 2.83. The highest BCUT2D eigenvalue weighted by molar-refractivity contribution is 7.99. The van der Waals surface area contributed by atoms with Gasteiger partial charge in [0.1, 0.15) is 0 Å². The molecule has 1 saturated carbocycles. The van der Waals surface area contributed by atoms with Crippen molar-refractivity contribution in [1.82, 2.24) is 10.2 Å². The fraction of sp³-hybridized carbons (Fsp3) is 1.00. The Balaban J connectivity index is 1.66. The lowest BCUT2D eigenvalue weighted by Crippen LogP contribution is -2.47. The molecule has 2 rings (SSSR count). The molecule has 2 aliphatic rings. The first-order valence-electron chi connectivity index (χ1n) is 6.84. The van der Waals surface area contributed by atoms with E-state index >= 15 is 0 Å². The van der Waals surface area contributed by atoms with E-state index < -0.39 is 0 Å². The third-order valence-corrected chi connectivity index (χ3v) is 5.03. The molecule has 1 heterocycles. The second-order valence-corrected chi connectivity index (χ2v) is 6.52. The van der Waals surface area contributed by atoms with E-state index in [9.17, 15) is 0 Å². The molecule has 0 radical (unpaired) electrons. The zero-order chi connectivity index (χ0) is 12.1. The van der Waals surface area contributed by atoms with Crippen molar-refractivity contribution in [3.8, 4) is 0 Å². The first-order valence-corrected chi connectivity index (χ1v) is 8.13. The largest absolute Gasteiger partial charge is 0.374 e. The number of likely N-dealkylation sites (N-methyl/N-ethyl adjacent to an activating group) is 1. The van der Waals surface area contributed by atoms with Crippen LogP contribution in [0.15, 0.2) is 0 Å². The highest BCUT2D eigenvalue weighted by Gasteiger charge is 2.23. The number of nitrogens with one attached hydrogen (secondary N) is 1. The Bertz CT molecular complexity index is 227. The van der Waals surface area contributed by atoms with Crippen LogP contribution in [0.4, 0.5) is 0 Å². The number of rotatable bonds is 4. The van der Waals surface area contributed by atoms with Gasteiger partial charge in [-0.3, -0.25) is 0 Å². The lowest BCUT2D eigenvalue weighted by atomic mass is 9.95. The number of ether oxygens (including phenoxy) is 1. The molecule has 0 amide bonds. The van der Waals surface area contributed by atoms with E-state index in [1.54, 1.807) is 0 Å². The number of morpholine rings is 1. The SMILES string of the molecule is CSC1CCCC(NCC2CN(C)CCO2)C1. The first-order chi connectivity index (χ1) is 8.28. The normalized spacial score (nSPS) is 36.0. The minimum Gasteiger partial charge on any atom is -0.374 e. The Hall–Kier alpha value is 0.230. The summed E-state index contributed by atoms with van der Waals surface area (Å²) in [7, 11) is 2.18. The maximum absolute atomic E-state index is 5.78. The molecule has 0 spiro atoms. The summed E-state index contributed by atoms with van der Waals surface area (Å²) >= 11 is 2.03. The predicted octanol–water partition coefficient (Wildman–Crippen LogP) is 1.58. The van der Waals surface area contributed by atoms with Gasteiger partial charge in [-0.05, 0) is 32.6 Å². The molecule has 3 atom stereocenters. The summed E-state index contributed by atoms with van der Waals surface area (Å²) in [5.41, 5.74) is 0. The van der Waals surface area contributed by atoms with E-state index in [2.05, 4.69) is 23.5 Å². The van der Waals surface area contributed by atoms with Gasteiger partial charge in [-0.15, -0.1) is 0 Å². The van der Waals surface area contributed by atoms with Crippen molar-refractivity contribution in [1.29, 1.82) is 0 Å². The van der Waals surface area contributed by atoms with Crippen LogP contribution in [0.1, 0.15) is 25.7 Å². The van der Waals surface area contributed by atoms with Gasteiger partial charge in [-0.1, -0.05) is 6.42 Å². The summed E-state index contributed by atoms with van der Waals surface area (Å²) in [6.07, 6.45) is 8.11. The number of thioether (sulfide) groups is 1. The lowest BCUT2D eigenvalue weighted by molar-refractivity contribution is -0.0196. The van der Waals surface area contributed by atoms with E-state index in [1.165, 1.54) is 25.7 Å². The molecule has 4 heteroatoms. The minimum absolute atomic E-state index is 0.392. The number of hydrogen-bond donors (Lipinski definition) is 1. The van der Waals surface area contributed by atoms with Crippen LogP contribution in [0.5, 0.6) is 0 Å². The van der Waals surface area contributed by atoms with Crippen molar-refractivity contribution in [3.05, 3.63) is 0 Å². The van der Waals surface area contributed by atoms with Crippen LogP contribution in [-0.2, 0) is 4.74 Å². The van der Waals surface area contributed by atoms with E-state index in [0.29, 0.717) is 6.10 Å². The minimum atomic E-state index is 0.392. The van der Waals surface area contributed by atoms with Crippen molar-refractivity contribution >= 4 is 11.8 Å². The van der Waals surface area contributed by atoms with Gasteiger partial charge in [0.05, 0.1) is 12.7 Å². The van der Waals surface area contributed by atoms with Crippen LogP contribution in [0.3, 0.4) is 0 Å². The van der Waals surface area contributed by atoms with Crippen molar-refractivity contribution in [2.24, 2.45) is 0 Å². The average molecular weight is 258 g/mol. The Morgan fingerprint density at radius 3 is 3.06 bits per heavy atom. The summed E-state index contributed by atoms with van der Waals surface area (Å²) in [5.74, 6) is 0. The molecule has 3 unspecified atom stereocenters.